The summed E-state index contributed by atoms with van der Waals surface area (Å²) >= 11 is 0. The van der Waals surface area contributed by atoms with Gasteiger partial charge in [0.1, 0.15) is 0 Å². The Morgan fingerprint density at radius 3 is 2.64 bits per heavy atom. The molecule has 0 radical (unpaired) electrons. The van der Waals surface area contributed by atoms with E-state index in [1.165, 1.54) is 12.4 Å². The molecule has 1 aliphatic rings. The van der Waals surface area contributed by atoms with Crippen LogP contribution in [0.3, 0.4) is 0 Å². The number of amides is 1. The number of carbonyl (C=O) groups is 1. The molecule has 4 rings (SSSR count). The number of fused-ring (bicyclic) bond motifs is 1. The summed E-state index contributed by atoms with van der Waals surface area (Å²) in [5.74, 6) is 1.62. The Labute approximate surface area is 162 Å². The molecule has 142 valence electrons. The van der Waals surface area contributed by atoms with E-state index in [0.29, 0.717) is 23.8 Å². The fraction of sp³-hybridized carbons (Fsp3) is 0.190. The van der Waals surface area contributed by atoms with Gasteiger partial charge in [0.25, 0.3) is 5.91 Å². The molecule has 1 amide bonds. The van der Waals surface area contributed by atoms with Gasteiger partial charge in [-0.05, 0) is 48.7 Å². The summed E-state index contributed by atoms with van der Waals surface area (Å²) in [4.78, 5) is 20.8. The third-order valence-electron chi connectivity index (χ3n) is 4.44. The van der Waals surface area contributed by atoms with Gasteiger partial charge in [-0.1, -0.05) is 18.2 Å². The molecule has 1 aliphatic heterocycles. The maximum Gasteiger partial charge on any atom is 0.254 e. The number of aryl methyl sites for hydroxylation is 2. The van der Waals surface area contributed by atoms with Crippen molar-refractivity contribution in [2.75, 3.05) is 12.1 Å². The van der Waals surface area contributed by atoms with E-state index in [0.717, 1.165) is 28.1 Å². The lowest BCUT2D eigenvalue weighted by molar-refractivity contribution is 0.0950. The highest BCUT2D eigenvalue weighted by molar-refractivity contribution is 5.93. The summed E-state index contributed by atoms with van der Waals surface area (Å²) < 4.78 is 10.6. The molecule has 0 saturated heterocycles. The fourth-order valence-electron chi connectivity index (χ4n) is 2.84. The second kappa shape index (κ2) is 7.56. The molecule has 0 unspecified atom stereocenters. The van der Waals surface area contributed by atoms with Gasteiger partial charge in [-0.2, -0.15) is 0 Å². The van der Waals surface area contributed by atoms with Gasteiger partial charge in [0.05, 0.1) is 5.56 Å². The SMILES string of the molecule is Cc1ccc(C)c(Nc2ncc(C(=O)NCc3ccc4c(c3)OCO4)cn2)c1. The maximum absolute atomic E-state index is 12.4. The minimum atomic E-state index is -0.240. The van der Waals surface area contributed by atoms with E-state index in [1.807, 2.05) is 44.2 Å². The lowest BCUT2D eigenvalue weighted by Gasteiger charge is -2.10. The van der Waals surface area contributed by atoms with Crippen molar-refractivity contribution in [3.05, 3.63) is 71.0 Å². The molecule has 0 aliphatic carbocycles. The third-order valence-corrected chi connectivity index (χ3v) is 4.44. The number of hydrogen-bond acceptors (Lipinski definition) is 6. The van der Waals surface area contributed by atoms with Crippen molar-refractivity contribution in [1.82, 2.24) is 15.3 Å². The van der Waals surface area contributed by atoms with Crippen LogP contribution in [0.2, 0.25) is 0 Å². The summed E-state index contributed by atoms with van der Waals surface area (Å²) in [6.07, 6.45) is 3.02. The lowest BCUT2D eigenvalue weighted by Crippen LogP contribution is -2.23. The number of carbonyl (C=O) groups excluding carboxylic acids is 1. The van der Waals surface area contributed by atoms with Gasteiger partial charge in [0.2, 0.25) is 12.7 Å². The first kappa shape index (κ1) is 17.8. The summed E-state index contributed by atoms with van der Waals surface area (Å²) in [7, 11) is 0. The van der Waals surface area contributed by atoms with Crippen LogP contribution in [0.1, 0.15) is 27.0 Å². The van der Waals surface area contributed by atoms with Gasteiger partial charge >= 0.3 is 0 Å². The first-order chi connectivity index (χ1) is 13.6. The Morgan fingerprint density at radius 1 is 1.04 bits per heavy atom. The third kappa shape index (κ3) is 3.88. The van der Waals surface area contributed by atoms with Crippen molar-refractivity contribution in [2.24, 2.45) is 0 Å². The topological polar surface area (TPSA) is 85.4 Å². The molecule has 1 aromatic heterocycles. The Morgan fingerprint density at radius 2 is 1.82 bits per heavy atom. The Bertz CT molecular complexity index is 1020. The Kier molecular flexibility index (Phi) is 4.80. The smallest absolute Gasteiger partial charge is 0.254 e. The van der Waals surface area contributed by atoms with Crippen LogP contribution in [0.5, 0.6) is 11.5 Å². The number of nitrogens with one attached hydrogen (secondary N) is 2. The first-order valence-corrected chi connectivity index (χ1v) is 8.91. The highest BCUT2D eigenvalue weighted by atomic mass is 16.7. The number of aromatic nitrogens is 2. The average Bonchev–Trinajstić information content (AvgIpc) is 3.17. The van der Waals surface area contributed by atoms with E-state index in [1.54, 1.807) is 0 Å². The zero-order chi connectivity index (χ0) is 19.5. The van der Waals surface area contributed by atoms with Crippen molar-refractivity contribution < 1.29 is 14.3 Å². The minimum absolute atomic E-state index is 0.227. The summed E-state index contributed by atoms with van der Waals surface area (Å²) in [5.41, 5.74) is 4.51. The van der Waals surface area contributed by atoms with Crippen molar-refractivity contribution in [3.63, 3.8) is 0 Å². The standard InChI is InChI=1S/C21H20N4O3/c1-13-3-4-14(2)17(7-13)25-21-23-10-16(11-24-21)20(26)22-9-15-5-6-18-19(8-15)28-12-27-18/h3-8,10-11H,9,12H2,1-2H3,(H,22,26)(H,23,24,25). The summed E-state index contributed by atoms with van der Waals surface area (Å²) in [6.45, 7) is 4.64. The molecule has 0 saturated carbocycles. The van der Waals surface area contributed by atoms with Crippen LogP contribution in [0.4, 0.5) is 11.6 Å². The molecule has 0 spiro atoms. The highest BCUT2D eigenvalue weighted by Gasteiger charge is 2.14. The molecule has 2 N–H and O–H groups in total. The van der Waals surface area contributed by atoms with E-state index in [4.69, 9.17) is 9.47 Å². The van der Waals surface area contributed by atoms with Gasteiger partial charge in [-0.3, -0.25) is 4.79 Å². The number of benzene rings is 2. The Balaban J connectivity index is 1.38. The van der Waals surface area contributed by atoms with Gasteiger partial charge < -0.3 is 20.1 Å². The van der Waals surface area contributed by atoms with E-state index >= 15 is 0 Å². The number of rotatable bonds is 5. The van der Waals surface area contributed by atoms with Crippen LogP contribution in [0.15, 0.2) is 48.8 Å². The molecule has 7 nitrogen and oxygen atoms in total. The molecule has 3 aromatic rings. The molecule has 7 heteroatoms. The predicted octanol–water partition coefficient (Wildman–Crippen LogP) is 3.50. The monoisotopic (exact) mass is 376 g/mol. The molecular formula is C21H20N4O3. The molecule has 0 fully saturated rings. The van der Waals surface area contributed by atoms with E-state index in [2.05, 4.69) is 26.7 Å². The van der Waals surface area contributed by atoms with E-state index in [9.17, 15) is 4.79 Å². The van der Waals surface area contributed by atoms with Crippen molar-refractivity contribution in [2.45, 2.75) is 20.4 Å². The lowest BCUT2D eigenvalue weighted by atomic mass is 10.1. The summed E-state index contributed by atoms with van der Waals surface area (Å²) in [6, 6.07) is 11.7. The molecule has 0 atom stereocenters. The van der Waals surface area contributed by atoms with Gasteiger partial charge in [-0.15, -0.1) is 0 Å². The van der Waals surface area contributed by atoms with Crippen LogP contribution < -0.4 is 20.1 Å². The van der Waals surface area contributed by atoms with Crippen molar-refractivity contribution in [3.8, 4) is 11.5 Å². The highest BCUT2D eigenvalue weighted by Crippen LogP contribution is 2.32. The van der Waals surface area contributed by atoms with Crippen molar-refractivity contribution >= 4 is 17.5 Å². The van der Waals surface area contributed by atoms with Crippen LogP contribution in [-0.4, -0.2) is 22.7 Å². The first-order valence-electron chi connectivity index (χ1n) is 8.91. The average molecular weight is 376 g/mol. The van der Waals surface area contributed by atoms with E-state index < -0.39 is 0 Å². The number of nitrogens with zero attached hydrogens (tertiary/aromatic N) is 2. The van der Waals surface area contributed by atoms with Gasteiger partial charge in [0, 0.05) is 24.6 Å². The zero-order valence-electron chi connectivity index (χ0n) is 15.7. The largest absolute Gasteiger partial charge is 0.454 e. The second-order valence-electron chi connectivity index (χ2n) is 6.61. The summed E-state index contributed by atoms with van der Waals surface area (Å²) in [5, 5.41) is 6.04. The fourth-order valence-corrected chi connectivity index (χ4v) is 2.84. The molecule has 2 aromatic carbocycles. The zero-order valence-corrected chi connectivity index (χ0v) is 15.7. The predicted molar refractivity (Wildman–Crippen MR) is 105 cm³/mol. The Hall–Kier alpha value is -3.61. The van der Waals surface area contributed by atoms with Crippen LogP contribution in [0, 0.1) is 13.8 Å². The minimum Gasteiger partial charge on any atom is -0.454 e. The number of anilines is 2. The molecule has 2 heterocycles. The van der Waals surface area contributed by atoms with Crippen LogP contribution in [0.25, 0.3) is 0 Å². The van der Waals surface area contributed by atoms with Gasteiger partial charge in [0.15, 0.2) is 11.5 Å². The van der Waals surface area contributed by atoms with E-state index in [-0.39, 0.29) is 12.7 Å². The molecule has 0 bridgehead atoms. The number of hydrogen-bond donors (Lipinski definition) is 2. The quantitative estimate of drug-likeness (QED) is 0.709. The van der Waals surface area contributed by atoms with Crippen molar-refractivity contribution in [1.29, 1.82) is 0 Å². The van der Waals surface area contributed by atoms with Gasteiger partial charge in [-0.25, -0.2) is 9.97 Å². The second-order valence-corrected chi connectivity index (χ2v) is 6.61. The van der Waals surface area contributed by atoms with Crippen LogP contribution >= 0.6 is 0 Å². The number of ether oxygens (including phenoxy) is 2. The molecular weight excluding hydrogens is 356 g/mol. The van der Waals surface area contributed by atoms with Crippen LogP contribution in [-0.2, 0) is 6.54 Å². The maximum atomic E-state index is 12.4. The normalized spacial score (nSPS) is 11.9. The molecule has 28 heavy (non-hydrogen) atoms.